The van der Waals surface area contributed by atoms with E-state index >= 15 is 0 Å². The number of likely N-dealkylation sites (N-methyl/N-ethyl adjacent to an activating group) is 1. The first-order chi connectivity index (χ1) is 12.5. The molecule has 0 radical (unpaired) electrons. The van der Waals surface area contributed by atoms with Crippen LogP contribution in [0.25, 0.3) is 0 Å². The fourth-order valence-electron chi connectivity index (χ4n) is 2.88. The maximum absolute atomic E-state index is 12.8. The Balaban J connectivity index is 2.33. The summed E-state index contributed by atoms with van der Waals surface area (Å²) in [6, 6.07) is 8.12. The molecule has 1 aromatic carbocycles. The van der Waals surface area contributed by atoms with Gasteiger partial charge in [0.25, 0.3) is 16.0 Å². The van der Waals surface area contributed by atoms with Crippen LogP contribution < -0.4 is 5.32 Å². The van der Waals surface area contributed by atoms with E-state index in [0.29, 0.717) is 4.90 Å². The third-order valence-corrected chi connectivity index (χ3v) is 4.83. The monoisotopic (exact) mass is 397 g/mol. The Bertz CT molecular complexity index is 839. The van der Waals surface area contributed by atoms with E-state index in [2.05, 4.69) is 5.32 Å². The third kappa shape index (κ3) is 4.71. The number of carbonyl (C=O) groups excluding carboxylic acids is 3. The van der Waals surface area contributed by atoms with Gasteiger partial charge in [0.1, 0.15) is 0 Å². The molecule has 1 aromatic rings. The van der Waals surface area contributed by atoms with Crippen molar-refractivity contribution in [1.82, 2.24) is 15.1 Å². The Morgan fingerprint density at radius 2 is 1.89 bits per heavy atom. The van der Waals surface area contributed by atoms with Crippen molar-refractivity contribution in [3.8, 4) is 0 Å². The predicted octanol–water partition coefficient (Wildman–Crippen LogP) is -0.316. The molecule has 0 spiro atoms. The molecule has 9 nitrogen and oxygen atoms in total. The molecule has 1 aliphatic rings. The van der Waals surface area contributed by atoms with Gasteiger partial charge >= 0.3 is 0 Å². The highest BCUT2D eigenvalue weighted by molar-refractivity contribution is 7.86. The van der Waals surface area contributed by atoms with Crippen LogP contribution in [0.1, 0.15) is 18.9 Å². The van der Waals surface area contributed by atoms with E-state index in [1.54, 1.807) is 38.4 Å². The van der Waals surface area contributed by atoms with Gasteiger partial charge in [0.2, 0.25) is 17.5 Å². The lowest BCUT2D eigenvalue weighted by molar-refractivity contribution is -0.170. The molecular weight excluding hydrogens is 374 g/mol. The zero-order valence-corrected chi connectivity index (χ0v) is 16.4. The Morgan fingerprint density at radius 3 is 2.37 bits per heavy atom. The minimum Gasteiger partial charge on any atom is -0.348 e. The van der Waals surface area contributed by atoms with Crippen LogP contribution in [-0.4, -0.2) is 68.1 Å². The number of hydrogen-bond donors (Lipinski definition) is 1. The Labute approximate surface area is 158 Å². The van der Waals surface area contributed by atoms with Crippen molar-refractivity contribution < 1.29 is 27.0 Å². The van der Waals surface area contributed by atoms with Gasteiger partial charge in [-0.1, -0.05) is 30.3 Å². The minimum absolute atomic E-state index is 0.0791. The van der Waals surface area contributed by atoms with E-state index in [4.69, 9.17) is 4.18 Å². The molecule has 27 heavy (non-hydrogen) atoms. The van der Waals surface area contributed by atoms with E-state index in [-0.39, 0.29) is 13.0 Å². The van der Waals surface area contributed by atoms with Crippen molar-refractivity contribution in [1.29, 1.82) is 0 Å². The fraction of sp³-hybridized carbons (Fsp3) is 0.471. The summed E-state index contributed by atoms with van der Waals surface area (Å²) in [6.45, 7) is 1.18. The summed E-state index contributed by atoms with van der Waals surface area (Å²) in [5, 5.41) is 2.54. The Morgan fingerprint density at radius 1 is 1.30 bits per heavy atom. The van der Waals surface area contributed by atoms with Gasteiger partial charge in [-0.05, 0) is 26.6 Å². The van der Waals surface area contributed by atoms with Gasteiger partial charge in [-0.2, -0.15) is 8.42 Å². The van der Waals surface area contributed by atoms with Gasteiger partial charge in [-0.15, -0.1) is 0 Å². The molecule has 2 atom stereocenters. The van der Waals surface area contributed by atoms with Crippen molar-refractivity contribution >= 4 is 27.8 Å². The van der Waals surface area contributed by atoms with Gasteiger partial charge in [0.05, 0.1) is 18.7 Å². The normalized spacial score (nSPS) is 20.0. The van der Waals surface area contributed by atoms with Gasteiger partial charge in [-0.3, -0.25) is 19.3 Å². The molecule has 1 aliphatic heterocycles. The Kier molecular flexibility index (Phi) is 6.03. The lowest BCUT2D eigenvalue weighted by atomic mass is 10.1. The van der Waals surface area contributed by atoms with E-state index in [1.165, 1.54) is 4.90 Å². The van der Waals surface area contributed by atoms with Crippen LogP contribution in [0.4, 0.5) is 0 Å². The quantitative estimate of drug-likeness (QED) is 0.496. The highest BCUT2D eigenvalue weighted by Crippen LogP contribution is 2.29. The number of amides is 3. The highest BCUT2D eigenvalue weighted by atomic mass is 32.2. The maximum atomic E-state index is 12.8. The van der Waals surface area contributed by atoms with E-state index in [1.807, 2.05) is 6.07 Å². The molecule has 1 N–H and O–H groups in total. The van der Waals surface area contributed by atoms with Crippen molar-refractivity contribution in [2.75, 3.05) is 20.4 Å². The summed E-state index contributed by atoms with van der Waals surface area (Å²) in [6.07, 6.45) is 0.588. The van der Waals surface area contributed by atoms with Gasteiger partial charge in [-0.25, -0.2) is 9.08 Å². The number of nitrogens with one attached hydrogen (secondary N) is 1. The zero-order valence-electron chi connectivity index (χ0n) is 15.6. The topological polar surface area (TPSA) is 113 Å². The second-order valence-electron chi connectivity index (χ2n) is 6.69. The lowest BCUT2D eigenvalue weighted by Gasteiger charge is -2.34. The van der Waals surface area contributed by atoms with Crippen molar-refractivity contribution in [2.24, 2.45) is 0 Å². The number of imide groups is 1. The van der Waals surface area contributed by atoms with Crippen LogP contribution in [0, 0.1) is 0 Å². The molecule has 1 heterocycles. The van der Waals surface area contributed by atoms with Crippen LogP contribution in [0.3, 0.4) is 0 Å². The maximum Gasteiger partial charge on any atom is 0.275 e. The van der Waals surface area contributed by atoms with Gasteiger partial charge in [0.15, 0.2) is 0 Å². The summed E-state index contributed by atoms with van der Waals surface area (Å²) in [4.78, 5) is 40.0. The van der Waals surface area contributed by atoms with Crippen LogP contribution in [0.2, 0.25) is 0 Å². The summed E-state index contributed by atoms with van der Waals surface area (Å²) in [7, 11) is -0.923. The molecule has 1 saturated heterocycles. The molecule has 0 bridgehead atoms. The summed E-state index contributed by atoms with van der Waals surface area (Å²) in [5.41, 5.74) is -1.56. The van der Waals surface area contributed by atoms with Crippen molar-refractivity contribution in [3.63, 3.8) is 0 Å². The van der Waals surface area contributed by atoms with Gasteiger partial charge < -0.3 is 5.32 Å². The molecular formula is C17H23N3O6S. The van der Waals surface area contributed by atoms with Crippen molar-refractivity contribution in [3.05, 3.63) is 35.9 Å². The average molecular weight is 397 g/mol. The highest BCUT2D eigenvalue weighted by Gasteiger charge is 2.55. The van der Waals surface area contributed by atoms with Gasteiger partial charge in [0, 0.05) is 6.54 Å². The molecule has 0 aromatic heterocycles. The lowest BCUT2D eigenvalue weighted by Crippen LogP contribution is -2.61. The molecule has 0 aliphatic carbocycles. The molecule has 1 fully saturated rings. The molecule has 0 saturated carbocycles. The Hall–Kier alpha value is -2.30. The zero-order chi connectivity index (χ0) is 20.4. The van der Waals surface area contributed by atoms with Crippen LogP contribution in [0.15, 0.2) is 30.3 Å². The molecule has 148 valence electrons. The predicted molar refractivity (Wildman–Crippen MR) is 96.6 cm³/mol. The van der Waals surface area contributed by atoms with Crippen molar-refractivity contribution in [2.45, 2.75) is 31.7 Å². The number of hydrogen-bond acceptors (Lipinski definition) is 7. The number of nitrogens with zero attached hydrogens (tertiary/aromatic N) is 2. The second kappa shape index (κ2) is 7.75. The standard InChI is InChI=1S/C17H23N3O6S/c1-17(26-27(4,24)25,16(23)18-11-12-8-6-5-7-9-12)20-14(21)10-13(15(20)22)19(2)3/h5-9,13H,10-11H2,1-4H3,(H,18,23). The summed E-state index contributed by atoms with van der Waals surface area (Å²) in [5.74, 6) is -2.27. The fourth-order valence-corrected chi connectivity index (χ4v) is 3.62. The van der Waals surface area contributed by atoms with E-state index in [0.717, 1.165) is 18.7 Å². The van der Waals surface area contributed by atoms with E-state index < -0.39 is 39.6 Å². The molecule has 2 unspecified atom stereocenters. The van der Waals surface area contributed by atoms with Crippen LogP contribution in [-0.2, 0) is 35.2 Å². The first-order valence-corrected chi connectivity index (χ1v) is 10.0. The van der Waals surface area contributed by atoms with Crippen LogP contribution in [0.5, 0.6) is 0 Å². The SMILES string of the molecule is CN(C)C1CC(=O)N(C(C)(OS(C)(=O)=O)C(=O)NCc2ccccc2)C1=O. The number of carbonyl (C=O) groups is 3. The molecule has 3 amide bonds. The smallest absolute Gasteiger partial charge is 0.275 e. The minimum atomic E-state index is -4.15. The van der Waals surface area contributed by atoms with E-state index in [9.17, 15) is 22.8 Å². The number of likely N-dealkylation sites (tertiary alicyclic amines) is 1. The molecule has 10 heteroatoms. The largest absolute Gasteiger partial charge is 0.348 e. The molecule has 2 rings (SSSR count). The second-order valence-corrected chi connectivity index (χ2v) is 8.26. The first kappa shape index (κ1) is 21.0. The third-order valence-electron chi connectivity index (χ3n) is 4.20. The number of rotatable bonds is 7. The average Bonchev–Trinajstić information content (AvgIpc) is 2.87. The summed E-state index contributed by atoms with van der Waals surface area (Å²) >= 11 is 0. The first-order valence-electron chi connectivity index (χ1n) is 8.22. The number of benzene rings is 1. The van der Waals surface area contributed by atoms with Crippen LogP contribution >= 0.6 is 0 Å². The summed E-state index contributed by atoms with van der Waals surface area (Å²) < 4.78 is 28.5.